The number of methoxy groups -OCH3 is 2. The van der Waals surface area contributed by atoms with Crippen molar-refractivity contribution in [3.8, 4) is 11.6 Å². The molecule has 0 saturated carbocycles. The second kappa shape index (κ2) is 8.85. The number of hydrogen-bond donors (Lipinski definition) is 2. The van der Waals surface area contributed by atoms with Crippen LogP contribution >= 0.6 is 12.6 Å². The molecule has 1 aliphatic heterocycles. The number of fused-ring (bicyclic) bond motifs is 1. The third kappa shape index (κ3) is 3.90. The molecule has 31 heavy (non-hydrogen) atoms. The van der Waals surface area contributed by atoms with E-state index in [2.05, 4.69) is 22.6 Å². The van der Waals surface area contributed by atoms with Gasteiger partial charge in [0.05, 0.1) is 31.4 Å². The molecule has 0 radical (unpaired) electrons. The molecule has 1 saturated heterocycles. The highest BCUT2D eigenvalue weighted by atomic mass is 32.1. The molecule has 0 aliphatic carbocycles. The Morgan fingerprint density at radius 3 is 2.45 bits per heavy atom. The average molecular weight is 438 g/mol. The number of carbonyl (C=O) groups is 2. The zero-order valence-corrected chi connectivity index (χ0v) is 18.2. The number of H-pyrrole nitrogens is 1. The van der Waals surface area contributed by atoms with E-state index < -0.39 is 11.7 Å². The summed E-state index contributed by atoms with van der Waals surface area (Å²) in [6, 6.07) is 9.95. The Hall–Kier alpha value is -3.26. The zero-order chi connectivity index (χ0) is 22.0. The number of aromatic amines is 1. The van der Waals surface area contributed by atoms with E-state index in [1.54, 1.807) is 4.90 Å². The molecule has 0 bridgehead atoms. The number of benzene rings is 1. The smallest absolute Gasteiger partial charge is 0.295 e. The highest BCUT2D eigenvalue weighted by Gasteiger charge is 2.30. The van der Waals surface area contributed by atoms with Gasteiger partial charge < -0.3 is 19.4 Å². The quantitative estimate of drug-likeness (QED) is 0.361. The summed E-state index contributed by atoms with van der Waals surface area (Å²) in [6.45, 7) is 0.947. The van der Waals surface area contributed by atoms with E-state index >= 15 is 0 Å². The van der Waals surface area contributed by atoms with Crippen LogP contribution in [0.15, 0.2) is 48.3 Å². The van der Waals surface area contributed by atoms with Gasteiger partial charge in [-0.2, -0.15) is 0 Å². The molecular weight excluding hydrogens is 414 g/mol. The lowest BCUT2D eigenvalue weighted by Gasteiger charge is -2.29. The van der Waals surface area contributed by atoms with Gasteiger partial charge in [0.1, 0.15) is 11.3 Å². The van der Waals surface area contributed by atoms with E-state index in [1.165, 1.54) is 32.2 Å². The average Bonchev–Trinajstić information content (AvgIpc) is 3.28. The molecular formula is C23H23N3O4S. The number of thiol groups is 1. The Bertz CT molecular complexity index is 1160. The van der Waals surface area contributed by atoms with Crippen LogP contribution in [0.4, 0.5) is 0 Å². The minimum absolute atomic E-state index is 0.248. The van der Waals surface area contributed by atoms with Crippen LogP contribution in [0.5, 0.6) is 11.6 Å². The minimum Gasteiger partial charge on any atom is -0.494 e. The van der Waals surface area contributed by atoms with E-state index in [1.807, 2.05) is 30.3 Å². The summed E-state index contributed by atoms with van der Waals surface area (Å²) in [5.41, 5.74) is 3.02. The van der Waals surface area contributed by atoms with Crippen molar-refractivity contribution in [1.82, 2.24) is 14.9 Å². The number of likely N-dealkylation sites (tertiary alicyclic amines) is 1. The second-order valence-electron chi connectivity index (χ2n) is 7.23. The van der Waals surface area contributed by atoms with Crippen LogP contribution in [0.1, 0.15) is 28.8 Å². The van der Waals surface area contributed by atoms with Gasteiger partial charge in [-0.15, -0.1) is 12.6 Å². The number of aromatic nitrogens is 2. The van der Waals surface area contributed by atoms with Crippen LogP contribution in [-0.4, -0.2) is 53.9 Å². The van der Waals surface area contributed by atoms with Crippen molar-refractivity contribution in [2.45, 2.75) is 12.8 Å². The Kier molecular flexibility index (Phi) is 5.99. The Morgan fingerprint density at radius 2 is 1.81 bits per heavy atom. The van der Waals surface area contributed by atoms with Crippen LogP contribution in [0, 0.1) is 0 Å². The second-order valence-corrected chi connectivity index (χ2v) is 7.67. The maximum absolute atomic E-state index is 13.1. The number of carbonyl (C=O) groups excluding carboxylic acids is 2. The van der Waals surface area contributed by atoms with Gasteiger partial charge in [-0.25, -0.2) is 4.98 Å². The van der Waals surface area contributed by atoms with Crippen LogP contribution in [0.25, 0.3) is 15.8 Å². The SMILES string of the molecule is COc1ncc(OC)c2c(C(=O)C(=O)N3CCC(=C(S)c4ccccc4)CC3)c[nH]c12. The van der Waals surface area contributed by atoms with Crippen molar-refractivity contribution in [3.63, 3.8) is 0 Å². The number of rotatable bonds is 5. The van der Waals surface area contributed by atoms with Gasteiger partial charge in [-0.1, -0.05) is 35.9 Å². The van der Waals surface area contributed by atoms with E-state index in [4.69, 9.17) is 9.47 Å². The van der Waals surface area contributed by atoms with Crippen molar-refractivity contribution in [2.75, 3.05) is 27.3 Å². The third-order valence-corrected chi connectivity index (χ3v) is 6.10. The van der Waals surface area contributed by atoms with E-state index in [0.717, 1.165) is 10.5 Å². The first-order chi connectivity index (χ1) is 15.0. The molecule has 160 valence electrons. The molecule has 3 heterocycles. The standard InChI is InChI=1S/C23H23N3O4S/c1-29-17-13-25-22(30-2)19-18(17)16(12-24-19)20(27)23(28)26-10-8-15(9-11-26)21(31)14-6-4-3-5-7-14/h3-7,12-13,24,31H,8-11H2,1-2H3. The molecule has 1 aromatic carbocycles. The highest BCUT2D eigenvalue weighted by Crippen LogP contribution is 2.34. The topological polar surface area (TPSA) is 84.5 Å². The fourth-order valence-electron chi connectivity index (χ4n) is 3.86. The molecule has 4 rings (SSSR count). The number of nitrogens with one attached hydrogen (secondary N) is 1. The molecule has 2 aromatic heterocycles. The lowest BCUT2D eigenvalue weighted by Crippen LogP contribution is -2.40. The zero-order valence-electron chi connectivity index (χ0n) is 17.3. The Labute approximate surface area is 185 Å². The predicted octanol–water partition coefficient (Wildman–Crippen LogP) is 3.73. The summed E-state index contributed by atoms with van der Waals surface area (Å²) in [5.74, 6) is -0.380. The molecule has 3 aromatic rings. The monoisotopic (exact) mass is 437 g/mol. The maximum atomic E-state index is 13.1. The van der Waals surface area contributed by atoms with Crippen LogP contribution < -0.4 is 9.47 Å². The van der Waals surface area contributed by atoms with Crippen molar-refractivity contribution in [2.24, 2.45) is 0 Å². The summed E-state index contributed by atoms with van der Waals surface area (Å²) in [4.78, 5) is 35.7. The van der Waals surface area contributed by atoms with Gasteiger partial charge in [0.25, 0.3) is 11.7 Å². The summed E-state index contributed by atoms with van der Waals surface area (Å²) >= 11 is 4.69. The van der Waals surface area contributed by atoms with Crippen molar-refractivity contribution < 1.29 is 19.1 Å². The van der Waals surface area contributed by atoms with Gasteiger partial charge in [-0.3, -0.25) is 9.59 Å². The van der Waals surface area contributed by atoms with E-state index in [0.29, 0.717) is 48.5 Å². The highest BCUT2D eigenvalue weighted by molar-refractivity contribution is 7.90. The number of ether oxygens (including phenoxy) is 2. The first-order valence-electron chi connectivity index (χ1n) is 9.93. The largest absolute Gasteiger partial charge is 0.494 e. The molecule has 7 nitrogen and oxygen atoms in total. The lowest BCUT2D eigenvalue weighted by molar-refractivity contribution is -0.126. The molecule has 1 N–H and O–H groups in total. The number of nitrogens with zero attached hydrogens (tertiary/aromatic N) is 2. The van der Waals surface area contributed by atoms with Crippen LogP contribution in [0.2, 0.25) is 0 Å². The summed E-state index contributed by atoms with van der Waals surface area (Å²) in [7, 11) is 2.98. The molecule has 0 atom stereocenters. The fourth-order valence-corrected chi connectivity index (χ4v) is 4.23. The van der Waals surface area contributed by atoms with Gasteiger partial charge in [-0.05, 0) is 18.4 Å². The van der Waals surface area contributed by atoms with Crippen LogP contribution in [0.3, 0.4) is 0 Å². The number of amides is 1. The molecule has 8 heteroatoms. The Morgan fingerprint density at radius 1 is 1.10 bits per heavy atom. The number of pyridine rings is 1. The summed E-state index contributed by atoms with van der Waals surface area (Å²) in [6.07, 6.45) is 4.35. The molecule has 1 amide bonds. The van der Waals surface area contributed by atoms with Crippen molar-refractivity contribution in [1.29, 1.82) is 0 Å². The summed E-state index contributed by atoms with van der Waals surface area (Å²) in [5, 5.41) is 0.493. The third-order valence-electron chi connectivity index (χ3n) is 5.53. The van der Waals surface area contributed by atoms with E-state index in [9.17, 15) is 9.59 Å². The number of piperidine rings is 1. The first-order valence-corrected chi connectivity index (χ1v) is 10.4. The Balaban J connectivity index is 1.54. The number of Topliss-reactive ketones (excluding diaryl/α,β-unsaturated/α-hetero) is 1. The number of ketones is 1. The maximum Gasteiger partial charge on any atom is 0.295 e. The first kappa shape index (κ1) is 21.0. The van der Waals surface area contributed by atoms with Crippen molar-refractivity contribution in [3.05, 3.63) is 59.4 Å². The van der Waals surface area contributed by atoms with Gasteiger partial charge >= 0.3 is 0 Å². The summed E-state index contributed by atoms with van der Waals surface area (Å²) < 4.78 is 10.6. The number of hydrogen-bond acceptors (Lipinski definition) is 6. The van der Waals surface area contributed by atoms with Gasteiger partial charge in [0, 0.05) is 24.2 Å². The minimum atomic E-state index is -0.584. The molecule has 1 fully saturated rings. The molecule has 0 spiro atoms. The van der Waals surface area contributed by atoms with Gasteiger partial charge in [0.15, 0.2) is 0 Å². The molecule has 1 aliphatic rings. The fraction of sp³-hybridized carbons (Fsp3) is 0.261. The van der Waals surface area contributed by atoms with Crippen molar-refractivity contribution >= 4 is 40.1 Å². The predicted molar refractivity (Wildman–Crippen MR) is 122 cm³/mol. The van der Waals surface area contributed by atoms with Gasteiger partial charge in [0.2, 0.25) is 5.88 Å². The molecule has 0 unspecified atom stereocenters. The van der Waals surface area contributed by atoms with E-state index in [-0.39, 0.29) is 5.56 Å². The van der Waals surface area contributed by atoms with Crippen LogP contribution in [-0.2, 0) is 4.79 Å². The lowest BCUT2D eigenvalue weighted by atomic mass is 9.99. The normalized spacial score (nSPS) is 13.9.